The Bertz CT molecular complexity index is 835. The summed E-state index contributed by atoms with van der Waals surface area (Å²) in [6, 6.07) is 10.4. The second-order valence-corrected chi connectivity index (χ2v) is 5.69. The second kappa shape index (κ2) is 7.77. The SMILES string of the molecule is COc1ccc(NC(=O)COc2cccc3c2CCNC3=O)cc1OC. The van der Waals surface area contributed by atoms with E-state index in [1.165, 1.54) is 7.11 Å². The van der Waals surface area contributed by atoms with Crippen LogP contribution in [0, 0.1) is 0 Å². The third-order valence-corrected chi connectivity index (χ3v) is 4.06. The molecule has 7 heteroatoms. The number of hydrogen-bond acceptors (Lipinski definition) is 5. The normalized spacial score (nSPS) is 12.6. The van der Waals surface area contributed by atoms with Gasteiger partial charge in [-0.1, -0.05) is 6.07 Å². The molecule has 26 heavy (non-hydrogen) atoms. The van der Waals surface area contributed by atoms with Gasteiger partial charge in [-0.2, -0.15) is 0 Å². The van der Waals surface area contributed by atoms with Crippen molar-refractivity contribution >= 4 is 17.5 Å². The first-order chi connectivity index (χ1) is 12.6. The number of anilines is 1. The number of amides is 2. The van der Waals surface area contributed by atoms with Crippen LogP contribution >= 0.6 is 0 Å². The van der Waals surface area contributed by atoms with Crippen molar-refractivity contribution in [3.63, 3.8) is 0 Å². The maximum absolute atomic E-state index is 12.2. The van der Waals surface area contributed by atoms with Gasteiger partial charge in [0, 0.05) is 29.4 Å². The molecule has 0 saturated heterocycles. The topological polar surface area (TPSA) is 85.9 Å². The Labute approximate surface area is 151 Å². The van der Waals surface area contributed by atoms with Gasteiger partial charge in [-0.25, -0.2) is 0 Å². The Kier molecular flexibility index (Phi) is 5.26. The number of carbonyl (C=O) groups excluding carboxylic acids is 2. The maximum atomic E-state index is 12.2. The van der Waals surface area contributed by atoms with Crippen LogP contribution in [0.15, 0.2) is 36.4 Å². The monoisotopic (exact) mass is 356 g/mol. The fraction of sp³-hybridized carbons (Fsp3) is 0.263. The van der Waals surface area contributed by atoms with Gasteiger partial charge in [-0.05, 0) is 30.7 Å². The first-order valence-electron chi connectivity index (χ1n) is 8.17. The highest BCUT2D eigenvalue weighted by Gasteiger charge is 2.20. The van der Waals surface area contributed by atoms with E-state index in [9.17, 15) is 9.59 Å². The molecule has 0 aliphatic carbocycles. The molecule has 0 unspecified atom stereocenters. The fourth-order valence-corrected chi connectivity index (χ4v) is 2.82. The number of fused-ring (bicyclic) bond motifs is 1. The number of ether oxygens (including phenoxy) is 3. The Balaban J connectivity index is 1.65. The first kappa shape index (κ1) is 17.6. The lowest BCUT2D eigenvalue weighted by molar-refractivity contribution is -0.118. The predicted molar refractivity (Wildman–Crippen MR) is 96.1 cm³/mol. The van der Waals surface area contributed by atoms with Crippen molar-refractivity contribution in [2.75, 3.05) is 32.7 Å². The third kappa shape index (κ3) is 3.72. The molecular weight excluding hydrogens is 336 g/mol. The van der Waals surface area contributed by atoms with Crippen LogP contribution in [0.2, 0.25) is 0 Å². The van der Waals surface area contributed by atoms with E-state index in [0.29, 0.717) is 41.5 Å². The summed E-state index contributed by atoms with van der Waals surface area (Å²) in [6.07, 6.45) is 0.675. The van der Waals surface area contributed by atoms with Gasteiger partial charge >= 0.3 is 0 Å². The number of hydrogen-bond donors (Lipinski definition) is 2. The molecule has 0 atom stereocenters. The summed E-state index contributed by atoms with van der Waals surface area (Å²) in [6.45, 7) is 0.399. The van der Waals surface area contributed by atoms with Gasteiger partial charge in [-0.15, -0.1) is 0 Å². The summed E-state index contributed by atoms with van der Waals surface area (Å²) in [7, 11) is 3.08. The zero-order chi connectivity index (χ0) is 18.5. The van der Waals surface area contributed by atoms with Crippen LogP contribution in [-0.2, 0) is 11.2 Å². The van der Waals surface area contributed by atoms with Gasteiger partial charge in [0.2, 0.25) is 0 Å². The molecule has 1 heterocycles. The Morgan fingerprint density at radius 2 is 1.92 bits per heavy atom. The van der Waals surface area contributed by atoms with E-state index in [4.69, 9.17) is 14.2 Å². The summed E-state index contributed by atoms with van der Waals surface area (Å²) in [5.74, 6) is 1.23. The second-order valence-electron chi connectivity index (χ2n) is 5.69. The molecule has 1 aliphatic heterocycles. The van der Waals surface area contributed by atoms with Gasteiger partial charge in [0.05, 0.1) is 14.2 Å². The Morgan fingerprint density at radius 1 is 1.12 bits per heavy atom. The molecule has 0 spiro atoms. The molecule has 0 radical (unpaired) electrons. The van der Waals surface area contributed by atoms with E-state index in [1.807, 2.05) is 0 Å². The molecule has 0 bridgehead atoms. The summed E-state index contributed by atoms with van der Waals surface area (Å²) < 4.78 is 16.0. The van der Waals surface area contributed by atoms with Crippen LogP contribution in [0.5, 0.6) is 17.2 Å². The smallest absolute Gasteiger partial charge is 0.262 e. The minimum atomic E-state index is -0.310. The van der Waals surface area contributed by atoms with Crippen molar-refractivity contribution in [2.24, 2.45) is 0 Å². The highest BCUT2D eigenvalue weighted by molar-refractivity contribution is 5.97. The van der Waals surface area contributed by atoms with Crippen LogP contribution in [0.1, 0.15) is 15.9 Å². The molecule has 0 aromatic heterocycles. The molecule has 7 nitrogen and oxygen atoms in total. The molecule has 2 amide bonds. The van der Waals surface area contributed by atoms with E-state index < -0.39 is 0 Å². The van der Waals surface area contributed by atoms with E-state index in [-0.39, 0.29) is 18.4 Å². The average molecular weight is 356 g/mol. The van der Waals surface area contributed by atoms with Crippen molar-refractivity contribution in [1.82, 2.24) is 5.32 Å². The van der Waals surface area contributed by atoms with E-state index >= 15 is 0 Å². The summed E-state index contributed by atoms with van der Waals surface area (Å²) in [4.78, 5) is 24.0. The number of benzene rings is 2. The minimum absolute atomic E-state index is 0.119. The zero-order valence-corrected chi connectivity index (χ0v) is 14.6. The number of rotatable bonds is 6. The number of nitrogens with one attached hydrogen (secondary N) is 2. The van der Waals surface area contributed by atoms with Crippen molar-refractivity contribution < 1.29 is 23.8 Å². The van der Waals surface area contributed by atoms with Crippen LogP contribution in [0.25, 0.3) is 0 Å². The zero-order valence-electron chi connectivity index (χ0n) is 14.6. The van der Waals surface area contributed by atoms with Gasteiger partial charge < -0.3 is 24.8 Å². The predicted octanol–water partition coefficient (Wildman–Crippen LogP) is 2.01. The summed E-state index contributed by atoms with van der Waals surface area (Å²) in [5, 5.41) is 5.54. The Morgan fingerprint density at radius 3 is 2.69 bits per heavy atom. The van der Waals surface area contributed by atoms with Crippen molar-refractivity contribution in [1.29, 1.82) is 0 Å². The van der Waals surface area contributed by atoms with Crippen molar-refractivity contribution in [2.45, 2.75) is 6.42 Å². The molecule has 1 aliphatic rings. The van der Waals surface area contributed by atoms with Crippen molar-refractivity contribution in [3.05, 3.63) is 47.5 Å². The molecular formula is C19H20N2O5. The van der Waals surface area contributed by atoms with Crippen LogP contribution in [0.4, 0.5) is 5.69 Å². The Hall–Kier alpha value is -3.22. The van der Waals surface area contributed by atoms with E-state index in [0.717, 1.165) is 5.56 Å². The maximum Gasteiger partial charge on any atom is 0.262 e. The van der Waals surface area contributed by atoms with E-state index in [1.54, 1.807) is 43.5 Å². The lowest BCUT2D eigenvalue weighted by Crippen LogP contribution is -2.32. The number of carbonyl (C=O) groups is 2. The third-order valence-electron chi connectivity index (χ3n) is 4.06. The van der Waals surface area contributed by atoms with Gasteiger partial charge in [-0.3, -0.25) is 9.59 Å². The van der Waals surface area contributed by atoms with Gasteiger partial charge in [0.25, 0.3) is 11.8 Å². The van der Waals surface area contributed by atoms with Gasteiger partial charge in [0.15, 0.2) is 18.1 Å². The molecule has 3 rings (SSSR count). The highest BCUT2D eigenvalue weighted by atomic mass is 16.5. The molecule has 2 aromatic rings. The molecule has 2 N–H and O–H groups in total. The average Bonchev–Trinajstić information content (AvgIpc) is 2.66. The summed E-state index contributed by atoms with van der Waals surface area (Å²) >= 11 is 0. The molecule has 136 valence electrons. The van der Waals surface area contributed by atoms with E-state index in [2.05, 4.69) is 10.6 Å². The summed E-state index contributed by atoms with van der Waals surface area (Å²) in [5.41, 5.74) is 2.00. The molecule has 0 saturated carbocycles. The van der Waals surface area contributed by atoms with Crippen LogP contribution < -0.4 is 24.8 Å². The fourth-order valence-electron chi connectivity index (χ4n) is 2.82. The van der Waals surface area contributed by atoms with Crippen LogP contribution in [-0.4, -0.2) is 39.2 Å². The van der Waals surface area contributed by atoms with Crippen molar-refractivity contribution in [3.8, 4) is 17.2 Å². The first-order valence-corrected chi connectivity index (χ1v) is 8.17. The standard InChI is InChI=1S/C19H20N2O5/c1-24-16-7-6-12(10-17(16)25-2)21-18(22)11-26-15-5-3-4-14-13(15)8-9-20-19(14)23/h3-7,10H,8-9,11H2,1-2H3,(H,20,23)(H,21,22). The molecule has 0 fully saturated rings. The minimum Gasteiger partial charge on any atom is -0.493 e. The lowest BCUT2D eigenvalue weighted by Gasteiger charge is -2.19. The highest BCUT2D eigenvalue weighted by Crippen LogP contribution is 2.30. The number of methoxy groups -OCH3 is 2. The quantitative estimate of drug-likeness (QED) is 0.827. The van der Waals surface area contributed by atoms with Gasteiger partial charge in [0.1, 0.15) is 5.75 Å². The molecule has 2 aromatic carbocycles. The largest absolute Gasteiger partial charge is 0.493 e. The van der Waals surface area contributed by atoms with Crippen LogP contribution in [0.3, 0.4) is 0 Å². The lowest BCUT2D eigenvalue weighted by atomic mass is 9.99.